The van der Waals surface area contributed by atoms with E-state index in [1.807, 2.05) is 30.3 Å². The van der Waals surface area contributed by atoms with Gasteiger partial charge in [0.15, 0.2) is 0 Å². The highest BCUT2D eigenvalue weighted by Gasteiger charge is 2.23. The molecule has 1 unspecified atom stereocenters. The maximum absolute atomic E-state index is 11.7. The van der Waals surface area contributed by atoms with Gasteiger partial charge in [-0.05, 0) is 18.9 Å². The average molecular weight is 232 g/mol. The molecule has 0 aliphatic heterocycles. The number of carbonyl (C=O) groups excluding carboxylic acids is 2. The number of benzene rings is 1. The summed E-state index contributed by atoms with van der Waals surface area (Å²) < 4.78 is 5.10. The topological polar surface area (TPSA) is 43.4 Å². The Morgan fingerprint density at radius 2 is 2.00 bits per heavy atom. The number of allylic oxidation sites excluding steroid dienone is 1. The zero-order valence-corrected chi connectivity index (χ0v) is 9.89. The van der Waals surface area contributed by atoms with Gasteiger partial charge in [-0.15, -0.1) is 6.58 Å². The molecule has 0 radical (unpaired) electrons. The average Bonchev–Trinajstić information content (AvgIpc) is 2.34. The van der Waals surface area contributed by atoms with Gasteiger partial charge in [0, 0.05) is 0 Å². The van der Waals surface area contributed by atoms with E-state index in [9.17, 15) is 9.59 Å². The van der Waals surface area contributed by atoms with Gasteiger partial charge in [-0.1, -0.05) is 36.4 Å². The van der Waals surface area contributed by atoms with Gasteiger partial charge in [0.25, 0.3) is 0 Å². The highest BCUT2D eigenvalue weighted by atomic mass is 16.5. The van der Waals surface area contributed by atoms with Crippen LogP contribution in [-0.4, -0.2) is 11.8 Å². The Balaban J connectivity index is 2.53. The third-order valence-corrected chi connectivity index (χ3v) is 2.40. The van der Waals surface area contributed by atoms with Crippen molar-refractivity contribution in [2.45, 2.75) is 20.0 Å². The second kappa shape index (κ2) is 6.63. The summed E-state index contributed by atoms with van der Waals surface area (Å²) >= 11 is 0. The predicted molar refractivity (Wildman–Crippen MR) is 65.2 cm³/mol. The van der Waals surface area contributed by atoms with Gasteiger partial charge >= 0.3 is 5.97 Å². The second-order valence-corrected chi connectivity index (χ2v) is 3.78. The van der Waals surface area contributed by atoms with Crippen LogP contribution in [0.1, 0.15) is 18.9 Å². The van der Waals surface area contributed by atoms with Gasteiger partial charge in [-0.2, -0.15) is 0 Å². The van der Waals surface area contributed by atoms with Crippen LogP contribution in [0.25, 0.3) is 0 Å². The lowest BCUT2D eigenvalue weighted by molar-refractivity contribution is -0.152. The fourth-order valence-electron chi connectivity index (χ4n) is 1.42. The summed E-state index contributed by atoms with van der Waals surface area (Å²) in [5.74, 6) is -1.40. The number of esters is 1. The van der Waals surface area contributed by atoms with Crippen LogP contribution in [0, 0.1) is 5.92 Å². The molecule has 1 rings (SSSR count). The van der Waals surface area contributed by atoms with Crippen LogP contribution in [0.15, 0.2) is 43.0 Å². The molecule has 0 N–H and O–H groups in total. The fraction of sp³-hybridized carbons (Fsp3) is 0.286. The first kappa shape index (κ1) is 13.2. The summed E-state index contributed by atoms with van der Waals surface area (Å²) in [5, 5.41) is 0. The van der Waals surface area contributed by atoms with Crippen LogP contribution < -0.4 is 0 Å². The van der Waals surface area contributed by atoms with E-state index in [2.05, 4.69) is 6.58 Å². The smallest absolute Gasteiger partial charge is 0.317 e. The first-order valence-electron chi connectivity index (χ1n) is 5.47. The van der Waals surface area contributed by atoms with Crippen LogP contribution in [-0.2, 0) is 20.9 Å². The SMILES string of the molecule is C=CCC(C(C)=O)C(=O)OCc1ccccc1. The van der Waals surface area contributed by atoms with Crippen molar-refractivity contribution in [2.75, 3.05) is 0 Å². The Morgan fingerprint density at radius 3 is 2.53 bits per heavy atom. The van der Waals surface area contributed by atoms with E-state index in [-0.39, 0.29) is 12.4 Å². The quantitative estimate of drug-likeness (QED) is 0.430. The van der Waals surface area contributed by atoms with E-state index in [0.717, 1.165) is 5.56 Å². The highest BCUT2D eigenvalue weighted by Crippen LogP contribution is 2.10. The molecule has 0 saturated carbocycles. The Kier molecular flexibility index (Phi) is 5.14. The summed E-state index contributed by atoms with van der Waals surface area (Å²) in [6.07, 6.45) is 1.87. The summed E-state index contributed by atoms with van der Waals surface area (Å²) in [6.45, 7) is 5.11. The van der Waals surface area contributed by atoms with Crippen molar-refractivity contribution in [2.24, 2.45) is 5.92 Å². The third-order valence-electron chi connectivity index (χ3n) is 2.40. The predicted octanol–water partition coefficient (Wildman–Crippen LogP) is 2.51. The molecule has 0 aliphatic rings. The number of hydrogen-bond acceptors (Lipinski definition) is 3. The lowest BCUT2D eigenvalue weighted by Gasteiger charge is -2.11. The van der Waals surface area contributed by atoms with Crippen molar-refractivity contribution in [3.05, 3.63) is 48.6 Å². The van der Waals surface area contributed by atoms with Crippen molar-refractivity contribution in [3.63, 3.8) is 0 Å². The zero-order valence-electron chi connectivity index (χ0n) is 9.89. The molecule has 3 nitrogen and oxygen atoms in total. The van der Waals surface area contributed by atoms with E-state index >= 15 is 0 Å². The number of rotatable bonds is 6. The molecule has 90 valence electrons. The van der Waals surface area contributed by atoms with Crippen molar-refractivity contribution >= 4 is 11.8 Å². The molecule has 0 spiro atoms. The highest BCUT2D eigenvalue weighted by molar-refractivity contribution is 5.97. The van der Waals surface area contributed by atoms with E-state index in [1.165, 1.54) is 6.92 Å². The number of hydrogen-bond donors (Lipinski definition) is 0. The van der Waals surface area contributed by atoms with Crippen molar-refractivity contribution in [1.29, 1.82) is 0 Å². The second-order valence-electron chi connectivity index (χ2n) is 3.78. The first-order valence-corrected chi connectivity index (χ1v) is 5.47. The van der Waals surface area contributed by atoms with Crippen LogP contribution >= 0.6 is 0 Å². The molecule has 0 bridgehead atoms. The molecule has 0 aromatic heterocycles. The van der Waals surface area contributed by atoms with Crippen LogP contribution in [0.5, 0.6) is 0 Å². The number of carbonyl (C=O) groups is 2. The Hall–Kier alpha value is -1.90. The van der Waals surface area contributed by atoms with Crippen LogP contribution in [0.3, 0.4) is 0 Å². The van der Waals surface area contributed by atoms with Gasteiger partial charge in [0.2, 0.25) is 0 Å². The Labute approximate surface area is 101 Å². The summed E-state index contributed by atoms with van der Waals surface area (Å²) in [4.78, 5) is 22.9. The maximum atomic E-state index is 11.7. The van der Waals surface area contributed by atoms with Crippen molar-refractivity contribution in [1.82, 2.24) is 0 Å². The normalized spacial score (nSPS) is 11.6. The summed E-state index contributed by atoms with van der Waals surface area (Å²) in [7, 11) is 0. The van der Waals surface area contributed by atoms with Gasteiger partial charge in [-0.25, -0.2) is 0 Å². The maximum Gasteiger partial charge on any atom is 0.317 e. The van der Waals surface area contributed by atoms with E-state index in [4.69, 9.17) is 4.74 Å². The van der Waals surface area contributed by atoms with Crippen molar-refractivity contribution < 1.29 is 14.3 Å². The number of ether oxygens (including phenoxy) is 1. The standard InChI is InChI=1S/C14H16O3/c1-3-7-13(11(2)15)14(16)17-10-12-8-5-4-6-9-12/h3-6,8-9,13H,1,7,10H2,2H3. The van der Waals surface area contributed by atoms with Gasteiger partial charge < -0.3 is 4.74 Å². The van der Waals surface area contributed by atoms with Gasteiger partial charge in [0.05, 0.1) is 0 Å². The van der Waals surface area contributed by atoms with Crippen molar-refractivity contribution in [3.8, 4) is 0 Å². The molecule has 0 fully saturated rings. The van der Waals surface area contributed by atoms with Gasteiger partial charge in [0.1, 0.15) is 18.3 Å². The minimum Gasteiger partial charge on any atom is -0.460 e. The lowest BCUT2D eigenvalue weighted by atomic mass is 10.0. The van der Waals surface area contributed by atoms with Crippen LogP contribution in [0.2, 0.25) is 0 Å². The largest absolute Gasteiger partial charge is 0.460 e. The molecule has 0 heterocycles. The molecule has 0 amide bonds. The molecule has 1 atom stereocenters. The molecular formula is C14H16O3. The summed E-state index contributed by atoms with van der Waals surface area (Å²) in [5.41, 5.74) is 0.904. The first-order chi connectivity index (χ1) is 8.15. The van der Waals surface area contributed by atoms with E-state index in [1.54, 1.807) is 6.08 Å². The molecule has 0 saturated heterocycles. The van der Waals surface area contributed by atoms with Crippen LogP contribution in [0.4, 0.5) is 0 Å². The lowest BCUT2D eigenvalue weighted by Crippen LogP contribution is -2.23. The number of Topliss-reactive ketones (excluding diaryl/α,β-unsaturated/α-hetero) is 1. The molecule has 0 aliphatic carbocycles. The zero-order chi connectivity index (χ0) is 12.7. The molecule has 17 heavy (non-hydrogen) atoms. The Morgan fingerprint density at radius 1 is 1.35 bits per heavy atom. The molecule has 1 aromatic rings. The molecule has 1 aromatic carbocycles. The monoisotopic (exact) mass is 232 g/mol. The summed E-state index contributed by atoms with van der Waals surface area (Å²) in [6, 6.07) is 9.36. The van der Waals surface area contributed by atoms with E-state index < -0.39 is 11.9 Å². The van der Waals surface area contributed by atoms with E-state index in [0.29, 0.717) is 6.42 Å². The fourth-order valence-corrected chi connectivity index (χ4v) is 1.42. The Bertz CT molecular complexity index is 395. The minimum absolute atomic E-state index is 0.192. The minimum atomic E-state index is -0.726. The third kappa shape index (κ3) is 4.23. The molecular weight excluding hydrogens is 216 g/mol. The molecule has 3 heteroatoms. The van der Waals surface area contributed by atoms with Gasteiger partial charge in [-0.3, -0.25) is 9.59 Å². The number of ketones is 1.